The van der Waals surface area contributed by atoms with Crippen molar-refractivity contribution in [3.05, 3.63) is 63.7 Å². The highest BCUT2D eigenvalue weighted by molar-refractivity contribution is 6.47. The van der Waals surface area contributed by atoms with E-state index in [9.17, 15) is 28.0 Å². The Hall–Kier alpha value is -3.01. The van der Waals surface area contributed by atoms with Crippen molar-refractivity contribution >= 4 is 80.1 Å². The van der Waals surface area contributed by atoms with Crippen molar-refractivity contribution in [2.45, 2.75) is 36.1 Å². The SMILES string of the molecule is [B]c1c(C([B])N([B])C(=O)C(F)(F)c2ccc(Cl)cc2)ccc2c1C([B])([B])N(C1CCC(=O)NC1=O)C2=O. The van der Waals surface area contributed by atoms with Gasteiger partial charge in [-0.2, -0.15) is 8.78 Å². The van der Waals surface area contributed by atoms with E-state index in [0.29, 0.717) is 0 Å². The van der Waals surface area contributed by atoms with E-state index in [4.69, 9.17) is 51.0 Å². The molecular formula is C22H13B5ClF2N3O4. The first-order chi connectivity index (χ1) is 17.2. The van der Waals surface area contributed by atoms with Crippen molar-refractivity contribution < 1.29 is 28.0 Å². The molecule has 1 saturated heterocycles. The van der Waals surface area contributed by atoms with Crippen LogP contribution in [0.3, 0.4) is 0 Å². The van der Waals surface area contributed by atoms with E-state index in [2.05, 4.69) is 5.32 Å². The van der Waals surface area contributed by atoms with Crippen LogP contribution in [0.1, 0.15) is 45.8 Å². The van der Waals surface area contributed by atoms with Crippen LogP contribution in [-0.4, -0.2) is 78.7 Å². The molecule has 2 aliphatic rings. The number of halogens is 3. The maximum atomic E-state index is 14.9. The molecule has 1 fully saturated rings. The maximum Gasteiger partial charge on any atom is 0.348 e. The topological polar surface area (TPSA) is 86.8 Å². The number of carbonyl (C=O) groups is 4. The molecule has 0 spiro atoms. The third-order valence-corrected chi connectivity index (χ3v) is 6.63. The smallest absolute Gasteiger partial charge is 0.348 e. The molecule has 4 rings (SSSR count). The summed E-state index contributed by atoms with van der Waals surface area (Å²) in [5, 5.41) is 0.174. The molecule has 2 heterocycles. The molecule has 2 unspecified atom stereocenters. The van der Waals surface area contributed by atoms with E-state index in [1.165, 1.54) is 24.3 Å². The predicted molar refractivity (Wildman–Crippen MR) is 134 cm³/mol. The van der Waals surface area contributed by atoms with Gasteiger partial charge in [0, 0.05) is 28.5 Å². The number of carbonyl (C=O) groups excluding carboxylic acids is 4. The molecule has 2 aromatic rings. The van der Waals surface area contributed by atoms with Crippen molar-refractivity contribution in [1.29, 1.82) is 0 Å². The molecule has 1 N–H and O–H groups in total. The number of alkyl halides is 2. The maximum absolute atomic E-state index is 14.9. The van der Waals surface area contributed by atoms with Gasteiger partial charge in [-0.3, -0.25) is 24.5 Å². The summed E-state index contributed by atoms with van der Waals surface area (Å²) >= 11 is 5.72. The van der Waals surface area contributed by atoms with Crippen LogP contribution in [0.5, 0.6) is 0 Å². The molecule has 7 nitrogen and oxygen atoms in total. The van der Waals surface area contributed by atoms with Gasteiger partial charge in [-0.25, -0.2) is 0 Å². The first-order valence-electron chi connectivity index (χ1n) is 10.8. The highest BCUT2D eigenvalue weighted by Gasteiger charge is 2.50. The molecule has 0 bridgehead atoms. The summed E-state index contributed by atoms with van der Waals surface area (Å²) in [5.41, 5.74) is -1.28. The quantitative estimate of drug-likeness (QED) is 0.443. The van der Waals surface area contributed by atoms with Gasteiger partial charge in [0.15, 0.2) is 0 Å². The van der Waals surface area contributed by atoms with Crippen LogP contribution in [0.2, 0.25) is 5.02 Å². The Morgan fingerprint density at radius 3 is 2.38 bits per heavy atom. The van der Waals surface area contributed by atoms with Gasteiger partial charge in [-0.1, -0.05) is 35.3 Å². The van der Waals surface area contributed by atoms with E-state index in [1.54, 1.807) is 0 Å². The van der Waals surface area contributed by atoms with Gasteiger partial charge in [0.25, 0.3) is 11.8 Å². The van der Waals surface area contributed by atoms with E-state index in [0.717, 1.165) is 17.0 Å². The largest absolute Gasteiger partial charge is 0.393 e. The average molecular weight is 511 g/mol. The van der Waals surface area contributed by atoms with Crippen molar-refractivity contribution in [2.75, 3.05) is 0 Å². The highest BCUT2D eigenvalue weighted by Crippen LogP contribution is 2.38. The predicted octanol–water partition coefficient (Wildman–Crippen LogP) is -0.287. The Morgan fingerprint density at radius 1 is 1.16 bits per heavy atom. The van der Waals surface area contributed by atoms with E-state index >= 15 is 0 Å². The Labute approximate surface area is 222 Å². The molecule has 0 aliphatic carbocycles. The fourth-order valence-corrected chi connectivity index (χ4v) is 4.60. The van der Waals surface area contributed by atoms with Crippen LogP contribution in [0.15, 0.2) is 36.4 Å². The Balaban J connectivity index is 1.67. The molecule has 0 saturated carbocycles. The zero-order valence-corrected chi connectivity index (χ0v) is 19.8. The van der Waals surface area contributed by atoms with Gasteiger partial charge in [0.1, 0.15) is 21.7 Å². The number of benzene rings is 2. The molecule has 0 aromatic heterocycles. The van der Waals surface area contributed by atoms with Gasteiger partial charge in [-0.05, 0) is 41.1 Å². The first-order valence-corrected chi connectivity index (χ1v) is 11.2. The lowest BCUT2D eigenvalue weighted by Gasteiger charge is -2.41. The summed E-state index contributed by atoms with van der Waals surface area (Å²) in [6.45, 7) is 0. The number of amides is 4. The summed E-state index contributed by atoms with van der Waals surface area (Å²) in [7, 11) is 30.5. The Bertz CT molecular complexity index is 1330. The third kappa shape index (κ3) is 4.39. The first kappa shape index (κ1) is 27.0. The van der Waals surface area contributed by atoms with Gasteiger partial charge in [0.2, 0.25) is 19.8 Å². The van der Waals surface area contributed by atoms with E-state index < -0.39 is 52.4 Å². The van der Waals surface area contributed by atoms with Gasteiger partial charge < -0.3 is 9.71 Å². The van der Waals surface area contributed by atoms with Crippen LogP contribution < -0.4 is 10.8 Å². The van der Waals surface area contributed by atoms with Gasteiger partial charge in [0.05, 0.1) is 15.7 Å². The molecule has 2 atom stereocenters. The van der Waals surface area contributed by atoms with Gasteiger partial charge in [-0.15, -0.1) is 0 Å². The van der Waals surface area contributed by atoms with Crippen molar-refractivity contribution in [3.8, 4) is 0 Å². The van der Waals surface area contributed by atoms with Crippen LogP contribution in [0.4, 0.5) is 8.78 Å². The van der Waals surface area contributed by atoms with E-state index in [1.807, 2.05) is 0 Å². The van der Waals surface area contributed by atoms with Crippen molar-refractivity contribution in [2.24, 2.45) is 0 Å². The molecule has 10 radical (unpaired) electrons. The lowest BCUT2D eigenvalue weighted by atomic mass is 9.54. The fourth-order valence-electron chi connectivity index (χ4n) is 4.47. The minimum Gasteiger partial charge on any atom is -0.393 e. The third-order valence-electron chi connectivity index (χ3n) is 6.38. The molecule has 4 amide bonds. The number of nitrogens with zero attached hydrogens (tertiary/aromatic N) is 2. The molecule has 15 heteroatoms. The number of hydrogen-bond acceptors (Lipinski definition) is 4. The summed E-state index contributed by atoms with van der Waals surface area (Å²) in [4.78, 5) is 50.7. The van der Waals surface area contributed by atoms with Crippen LogP contribution in [-0.2, 0) is 25.6 Å². The minimum atomic E-state index is -4.06. The lowest BCUT2D eigenvalue weighted by molar-refractivity contribution is -0.154. The molecule has 2 aliphatic heterocycles. The number of nitrogens with one attached hydrogen (secondary N) is 1. The second kappa shape index (κ2) is 9.38. The van der Waals surface area contributed by atoms with Crippen LogP contribution >= 0.6 is 11.6 Å². The number of piperidine rings is 1. The average Bonchev–Trinajstić information content (AvgIpc) is 3.04. The summed E-state index contributed by atoms with van der Waals surface area (Å²) < 4.78 is 29.7. The Kier molecular flexibility index (Phi) is 6.86. The normalized spacial score (nSPS) is 19.8. The monoisotopic (exact) mass is 511 g/mol. The standard InChI is InChI=1S/C22H13B5ClF2N3O4/c23-16-12(17(24)33(27)20(37)21(29,30)9-1-3-10(28)4-2-9)6-5-11-15(16)22(25,26)32(19(11)36)13-7-8-14(34)31-18(13)35/h1-6,13,17H,7-8H2,(H,31,34,35). The molecule has 37 heavy (non-hydrogen) atoms. The Morgan fingerprint density at radius 2 is 1.78 bits per heavy atom. The van der Waals surface area contributed by atoms with Gasteiger partial charge >= 0.3 is 5.92 Å². The zero-order chi connectivity index (χ0) is 27.4. The van der Waals surface area contributed by atoms with Crippen LogP contribution in [0, 0.1) is 0 Å². The van der Waals surface area contributed by atoms with E-state index in [-0.39, 0.29) is 44.8 Å². The second-order valence-electron chi connectivity index (χ2n) is 8.70. The summed E-state index contributed by atoms with van der Waals surface area (Å²) in [6.07, 6.45) is -0.0814. The fraction of sp³-hybridized carbons (Fsp3) is 0.273. The van der Waals surface area contributed by atoms with Crippen LogP contribution in [0.25, 0.3) is 0 Å². The minimum absolute atomic E-state index is 0.0301. The molecule has 176 valence electrons. The second-order valence-corrected chi connectivity index (χ2v) is 9.13. The molecular weight excluding hydrogens is 498 g/mol. The number of hydrogen-bond donors (Lipinski definition) is 1. The summed E-state index contributed by atoms with van der Waals surface area (Å²) in [6, 6.07) is 5.59. The molecule has 2 aromatic carbocycles. The number of fused-ring (bicyclic) bond motifs is 1. The number of imide groups is 1. The lowest BCUT2D eigenvalue weighted by Crippen LogP contribution is -2.59. The summed E-state index contributed by atoms with van der Waals surface area (Å²) in [5.74, 6) is -9.62. The van der Waals surface area contributed by atoms with Crippen molar-refractivity contribution in [3.63, 3.8) is 0 Å². The zero-order valence-electron chi connectivity index (χ0n) is 19.1. The van der Waals surface area contributed by atoms with Crippen molar-refractivity contribution in [1.82, 2.24) is 15.0 Å². The number of rotatable bonds is 5. The highest BCUT2D eigenvalue weighted by atomic mass is 35.5.